The first-order valence-corrected chi connectivity index (χ1v) is 7.14. The summed E-state index contributed by atoms with van der Waals surface area (Å²) in [4.78, 5) is 15.6. The number of hydrogen-bond acceptors (Lipinski definition) is 6. The third-order valence-electron chi connectivity index (χ3n) is 3.27. The molecule has 0 spiro atoms. The molecule has 2 aromatic heterocycles. The number of benzene rings is 1. The van der Waals surface area contributed by atoms with Crippen LogP contribution in [0.5, 0.6) is 5.75 Å². The molecule has 0 bridgehead atoms. The highest BCUT2D eigenvalue weighted by atomic mass is 16.5. The van der Waals surface area contributed by atoms with Gasteiger partial charge in [0, 0.05) is 23.9 Å². The van der Waals surface area contributed by atoms with Crippen molar-refractivity contribution < 1.29 is 13.7 Å². The van der Waals surface area contributed by atoms with Crippen molar-refractivity contribution >= 4 is 11.0 Å². The highest BCUT2D eigenvalue weighted by Gasteiger charge is 2.08. The Bertz CT molecular complexity index is 851. The molecule has 0 fully saturated rings. The second kappa shape index (κ2) is 6.01. The first-order valence-electron chi connectivity index (χ1n) is 7.14. The van der Waals surface area contributed by atoms with E-state index in [-0.39, 0.29) is 12.2 Å². The molecule has 3 aromatic rings. The van der Waals surface area contributed by atoms with E-state index in [1.54, 1.807) is 6.07 Å². The Hall–Kier alpha value is -2.63. The maximum atomic E-state index is 11.4. The molecular weight excluding hydrogens is 284 g/mol. The van der Waals surface area contributed by atoms with Crippen LogP contribution in [0.25, 0.3) is 11.0 Å². The third-order valence-corrected chi connectivity index (χ3v) is 3.27. The van der Waals surface area contributed by atoms with Crippen LogP contribution < -0.4 is 10.4 Å². The summed E-state index contributed by atoms with van der Waals surface area (Å²) in [7, 11) is 0. The van der Waals surface area contributed by atoms with Gasteiger partial charge >= 0.3 is 5.63 Å². The lowest BCUT2D eigenvalue weighted by Crippen LogP contribution is -1.99. The number of hydrogen-bond donors (Lipinski definition) is 0. The van der Waals surface area contributed by atoms with Crippen molar-refractivity contribution in [3.05, 3.63) is 52.0 Å². The summed E-state index contributed by atoms with van der Waals surface area (Å²) in [5.41, 5.74) is 1.00. The molecule has 6 heteroatoms. The molecule has 0 N–H and O–H groups in total. The average molecular weight is 300 g/mol. The van der Waals surface area contributed by atoms with E-state index in [1.807, 2.05) is 19.1 Å². The molecule has 22 heavy (non-hydrogen) atoms. The van der Waals surface area contributed by atoms with Gasteiger partial charge in [-0.2, -0.15) is 4.98 Å². The van der Waals surface area contributed by atoms with E-state index in [0.29, 0.717) is 23.0 Å². The van der Waals surface area contributed by atoms with Gasteiger partial charge in [-0.1, -0.05) is 12.1 Å². The van der Waals surface area contributed by atoms with Crippen LogP contribution in [0.2, 0.25) is 0 Å². The Kier molecular flexibility index (Phi) is 3.91. The van der Waals surface area contributed by atoms with Gasteiger partial charge in [-0.05, 0) is 31.0 Å². The van der Waals surface area contributed by atoms with Gasteiger partial charge in [0.25, 0.3) is 5.89 Å². The summed E-state index contributed by atoms with van der Waals surface area (Å²) < 4.78 is 15.9. The lowest BCUT2D eigenvalue weighted by molar-refractivity contribution is 0.242. The molecule has 0 amide bonds. The van der Waals surface area contributed by atoms with Crippen LogP contribution in [0.1, 0.15) is 30.6 Å². The largest absolute Gasteiger partial charge is 0.484 e. The monoisotopic (exact) mass is 300 g/mol. The normalized spacial score (nSPS) is 11.0. The summed E-state index contributed by atoms with van der Waals surface area (Å²) in [6, 6.07) is 6.83. The molecule has 0 aliphatic carbocycles. The Morgan fingerprint density at radius 1 is 1.27 bits per heavy atom. The van der Waals surface area contributed by atoms with Crippen molar-refractivity contribution in [1.29, 1.82) is 0 Å². The van der Waals surface area contributed by atoms with Gasteiger partial charge in [-0.15, -0.1) is 0 Å². The number of ether oxygens (including phenoxy) is 1. The molecule has 0 saturated heterocycles. The number of fused-ring (bicyclic) bond motifs is 1. The summed E-state index contributed by atoms with van der Waals surface area (Å²) in [5.74, 6) is 1.69. The minimum atomic E-state index is -0.372. The fourth-order valence-corrected chi connectivity index (χ4v) is 2.21. The zero-order chi connectivity index (χ0) is 15.5. The van der Waals surface area contributed by atoms with Crippen LogP contribution >= 0.6 is 0 Å². The molecule has 1 aromatic carbocycles. The number of aromatic nitrogens is 2. The highest BCUT2D eigenvalue weighted by Crippen LogP contribution is 2.22. The predicted molar refractivity (Wildman–Crippen MR) is 79.8 cm³/mol. The second-order valence-electron chi connectivity index (χ2n) is 5.05. The fourth-order valence-electron chi connectivity index (χ4n) is 2.21. The van der Waals surface area contributed by atoms with E-state index in [9.17, 15) is 4.79 Å². The molecule has 0 unspecified atom stereocenters. The third kappa shape index (κ3) is 3.00. The number of nitrogens with zero attached hydrogens (tertiary/aromatic N) is 2. The molecule has 2 heterocycles. The van der Waals surface area contributed by atoms with Crippen LogP contribution in [-0.2, 0) is 13.0 Å². The Labute approximate surface area is 126 Å². The van der Waals surface area contributed by atoms with E-state index in [0.717, 1.165) is 23.8 Å². The van der Waals surface area contributed by atoms with Gasteiger partial charge in [0.15, 0.2) is 12.4 Å². The summed E-state index contributed by atoms with van der Waals surface area (Å²) in [5, 5.41) is 4.75. The zero-order valence-corrected chi connectivity index (χ0v) is 12.5. The molecule has 0 aliphatic heterocycles. The SMILES string of the molecule is CCCc1noc(COc2ccc3c(C)cc(=O)oc3c2)n1. The van der Waals surface area contributed by atoms with Crippen LogP contribution in [0.15, 0.2) is 38.0 Å². The number of rotatable bonds is 5. The predicted octanol–water partition coefficient (Wildman–Crippen LogP) is 3.02. The zero-order valence-electron chi connectivity index (χ0n) is 12.5. The first kappa shape index (κ1) is 14.3. The Morgan fingerprint density at radius 2 is 2.14 bits per heavy atom. The van der Waals surface area contributed by atoms with Crippen molar-refractivity contribution in [1.82, 2.24) is 10.1 Å². The van der Waals surface area contributed by atoms with E-state index < -0.39 is 0 Å². The average Bonchev–Trinajstić information content (AvgIpc) is 2.92. The van der Waals surface area contributed by atoms with Gasteiger partial charge in [-0.3, -0.25) is 0 Å². The van der Waals surface area contributed by atoms with Crippen LogP contribution in [-0.4, -0.2) is 10.1 Å². The molecule has 114 valence electrons. The van der Waals surface area contributed by atoms with E-state index >= 15 is 0 Å². The first-order chi connectivity index (χ1) is 10.7. The minimum Gasteiger partial charge on any atom is -0.484 e. The van der Waals surface area contributed by atoms with Crippen molar-refractivity contribution in [3.63, 3.8) is 0 Å². The fraction of sp³-hybridized carbons (Fsp3) is 0.312. The molecule has 0 radical (unpaired) electrons. The van der Waals surface area contributed by atoms with Crippen LogP contribution in [0, 0.1) is 6.92 Å². The van der Waals surface area contributed by atoms with Gasteiger partial charge in [0.1, 0.15) is 11.3 Å². The summed E-state index contributed by atoms with van der Waals surface area (Å²) >= 11 is 0. The smallest absolute Gasteiger partial charge is 0.336 e. The number of aryl methyl sites for hydroxylation is 2. The second-order valence-corrected chi connectivity index (χ2v) is 5.05. The van der Waals surface area contributed by atoms with E-state index in [4.69, 9.17) is 13.7 Å². The Balaban J connectivity index is 1.77. The molecule has 6 nitrogen and oxygen atoms in total. The van der Waals surface area contributed by atoms with Crippen molar-refractivity contribution in [2.24, 2.45) is 0 Å². The Morgan fingerprint density at radius 3 is 2.95 bits per heavy atom. The van der Waals surface area contributed by atoms with Crippen molar-refractivity contribution in [2.75, 3.05) is 0 Å². The molecule has 0 atom stereocenters. The van der Waals surface area contributed by atoms with Crippen molar-refractivity contribution in [3.8, 4) is 5.75 Å². The van der Waals surface area contributed by atoms with Gasteiger partial charge in [0.2, 0.25) is 0 Å². The lowest BCUT2D eigenvalue weighted by Gasteiger charge is -2.05. The van der Waals surface area contributed by atoms with Gasteiger partial charge in [-0.25, -0.2) is 4.79 Å². The molecular formula is C16H16N2O4. The molecule has 3 rings (SSSR count). The maximum absolute atomic E-state index is 11.4. The van der Waals surface area contributed by atoms with E-state index in [2.05, 4.69) is 17.1 Å². The standard InChI is InChI=1S/C16H16N2O4/c1-3-4-14-17-15(22-18-14)9-20-11-5-6-12-10(2)7-16(19)21-13(12)8-11/h5-8H,3-4,9H2,1-2H3. The van der Waals surface area contributed by atoms with Crippen LogP contribution in [0.3, 0.4) is 0 Å². The summed E-state index contributed by atoms with van der Waals surface area (Å²) in [6.07, 6.45) is 1.74. The van der Waals surface area contributed by atoms with Gasteiger partial charge in [0.05, 0.1) is 0 Å². The maximum Gasteiger partial charge on any atom is 0.336 e. The van der Waals surface area contributed by atoms with Crippen LogP contribution in [0.4, 0.5) is 0 Å². The quantitative estimate of drug-likeness (QED) is 0.674. The van der Waals surface area contributed by atoms with Crippen molar-refractivity contribution in [2.45, 2.75) is 33.3 Å². The van der Waals surface area contributed by atoms with E-state index in [1.165, 1.54) is 6.07 Å². The summed E-state index contributed by atoms with van der Waals surface area (Å²) in [6.45, 7) is 4.10. The highest BCUT2D eigenvalue weighted by molar-refractivity contribution is 5.81. The topological polar surface area (TPSA) is 78.4 Å². The molecule has 0 aliphatic rings. The van der Waals surface area contributed by atoms with Gasteiger partial charge < -0.3 is 13.7 Å². The molecule has 0 saturated carbocycles. The lowest BCUT2D eigenvalue weighted by atomic mass is 10.1. The minimum absolute atomic E-state index is 0.179.